The molecule has 4 heteroatoms. The fourth-order valence-electron chi connectivity index (χ4n) is 2.35. The molecule has 0 aliphatic carbocycles. The van der Waals surface area contributed by atoms with Gasteiger partial charge in [0.15, 0.2) is 0 Å². The Morgan fingerprint density at radius 2 is 2.53 bits per heavy atom. The summed E-state index contributed by atoms with van der Waals surface area (Å²) < 4.78 is 0. The molecule has 1 aliphatic heterocycles. The topological polar surface area (TPSA) is 41.1 Å². The van der Waals surface area contributed by atoms with Crippen LogP contribution in [0.5, 0.6) is 0 Å². The molecule has 0 radical (unpaired) electrons. The van der Waals surface area contributed by atoms with Crippen molar-refractivity contribution in [3.63, 3.8) is 0 Å². The van der Waals surface area contributed by atoms with E-state index < -0.39 is 0 Å². The van der Waals surface area contributed by atoms with Crippen LogP contribution in [0.1, 0.15) is 25.1 Å². The molecular weight excluding hydrogens is 232 g/mol. The van der Waals surface area contributed by atoms with Crippen molar-refractivity contribution in [2.45, 2.75) is 38.8 Å². The molecule has 0 aromatic carbocycles. The van der Waals surface area contributed by atoms with Gasteiger partial charge in [-0.2, -0.15) is 0 Å². The summed E-state index contributed by atoms with van der Waals surface area (Å²) >= 11 is 1.75. The van der Waals surface area contributed by atoms with Crippen molar-refractivity contribution in [3.05, 3.63) is 22.4 Å². The summed E-state index contributed by atoms with van der Waals surface area (Å²) in [7, 11) is 0. The minimum atomic E-state index is 0.140. The molecule has 17 heavy (non-hydrogen) atoms. The number of carbonyl (C=O) groups excluding carboxylic acids is 1. The van der Waals surface area contributed by atoms with Crippen LogP contribution in [0.15, 0.2) is 17.5 Å². The van der Waals surface area contributed by atoms with Crippen LogP contribution in [0.3, 0.4) is 0 Å². The maximum Gasteiger partial charge on any atom is 0.224 e. The van der Waals surface area contributed by atoms with Gasteiger partial charge in [0.05, 0.1) is 5.92 Å². The zero-order chi connectivity index (χ0) is 12.3. The van der Waals surface area contributed by atoms with E-state index in [-0.39, 0.29) is 17.9 Å². The predicted molar refractivity (Wildman–Crippen MR) is 71.2 cm³/mol. The Kier molecular flexibility index (Phi) is 4.18. The molecule has 0 bridgehead atoms. The summed E-state index contributed by atoms with van der Waals surface area (Å²) in [4.78, 5) is 13.4. The molecule has 2 N–H and O–H groups in total. The van der Waals surface area contributed by atoms with E-state index in [0.29, 0.717) is 6.04 Å². The summed E-state index contributed by atoms with van der Waals surface area (Å²) in [5, 5.41) is 8.50. The van der Waals surface area contributed by atoms with Gasteiger partial charge in [-0.15, -0.1) is 11.3 Å². The Morgan fingerprint density at radius 1 is 1.71 bits per heavy atom. The molecule has 3 atom stereocenters. The average Bonchev–Trinajstić information content (AvgIpc) is 2.88. The summed E-state index contributed by atoms with van der Waals surface area (Å²) in [6, 6.07) is 4.70. The number of rotatable bonds is 4. The Labute approximate surface area is 107 Å². The zero-order valence-corrected chi connectivity index (χ0v) is 11.2. The van der Waals surface area contributed by atoms with E-state index in [1.54, 1.807) is 11.3 Å². The molecule has 2 rings (SSSR count). The number of hydrogen-bond acceptors (Lipinski definition) is 3. The molecule has 3 nitrogen and oxygen atoms in total. The van der Waals surface area contributed by atoms with Gasteiger partial charge in [0, 0.05) is 23.4 Å². The summed E-state index contributed by atoms with van der Waals surface area (Å²) in [5.74, 6) is 0.340. The molecule has 0 saturated carbocycles. The van der Waals surface area contributed by atoms with E-state index in [1.807, 2.05) is 0 Å². The zero-order valence-electron chi connectivity index (χ0n) is 10.4. The molecule has 1 aromatic rings. The number of thiophene rings is 1. The van der Waals surface area contributed by atoms with Crippen LogP contribution in [-0.2, 0) is 11.2 Å². The van der Waals surface area contributed by atoms with Gasteiger partial charge in [-0.05, 0) is 38.3 Å². The van der Waals surface area contributed by atoms with Crippen LogP contribution in [0.25, 0.3) is 0 Å². The van der Waals surface area contributed by atoms with Gasteiger partial charge >= 0.3 is 0 Å². The first-order chi connectivity index (χ1) is 8.16. The van der Waals surface area contributed by atoms with Crippen LogP contribution >= 0.6 is 11.3 Å². The van der Waals surface area contributed by atoms with Crippen LogP contribution in [0.4, 0.5) is 0 Å². The quantitative estimate of drug-likeness (QED) is 0.858. The van der Waals surface area contributed by atoms with Gasteiger partial charge in [-0.1, -0.05) is 6.07 Å². The first kappa shape index (κ1) is 12.6. The lowest BCUT2D eigenvalue weighted by Crippen LogP contribution is -2.41. The number of amides is 1. The Bertz CT molecular complexity index is 364. The Morgan fingerprint density at radius 3 is 3.12 bits per heavy atom. The number of hydrogen-bond donors (Lipinski definition) is 2. The van der Waals surface area contributed by atoms with E-state index in [2.05, 4.69) is 42.0 Å². The Hall–Kier alpha value is -0.870. The molecule has 2 heterocycles. The third kappa shape index (κ3) is 3.30. The van der Waals surface area contributed by atoms with Crippen LogP contribution in [-0.4, -0.2) is 24.5 Å². The lowest BCUT2D eigenvalue weighted by atomic mass is 10.0. The van der Waals surface area contributed by atoms with Gasteiger partial charge in [-0.25, -0.2) is 0 Å². The highest BCUT2D eigenvalue weighted by Crippen LogP contribution is 2.16. The van der Waals surface area contributed by atoms with Crippen molar-refractivity contribution >= 4 is 17.2 Å². The van der Waals surface area contributed by atoms with Crippen molar-refractivity contribution in [1.82, 2.24) is 10.6 Å². The minimum absolute atomic E-state index is 0.140. The van der Waals surface area contributed by atoms with Crippen LogP contribution in [0.2, 0.25) is 0 Å². The van der Waals surface area contributed by atoms with Gasteiger partial charge in [0.25, 0.3) is 0 Å². The fourth-order valence-corrected chi connectivity index (χ4v) is 3.18. The van der Waals surface area contributed by atoms with E-state index >= 15 is 0 Å². The number of nitrogens with one attached hydrogen (secondary N) is 2. The Balaban J connectivity index is 1.82. The normalized spacial score (nSPS) is 25.8. The lowest BCUT2D eigenvalue weighted by Gasteiger charge is -2.19. The SMILES string of the molecule is CC(Cc1cccs1)NC(=O)C1CCNC1C. The first-order valence-corrected chi connectivity index (χ1v) is 7.11. The molecular formula is C13H20N2OS. The second-order valence-corrected chi connectivity index (χ2v) is 5.86. The van der Waals surface area contributed by atoms with Crippen molar-refractivity contribution in [1.29, 1.82) is 0 Å². The number of carbonyl (C=O) groups is 1. The van der Waals surface area contributed by atoms with Crippen molar-refractivity contribution in [3.8, 4) is 0 Å². The van der Waals surface area contributed by atoms with Gasteiger partial charge < -0.3 is 10.6 Å². The van der Waals surface area contributed by atoms with Crippen molar-refractivity contribution < 1.29 is 4.79 Å². The second-order valence-electron chi connectivity index (χ2n) is 4.83. The highest BCUT2D eigenvalue weighted by molar-refractivity contribution is 7.09. The van der Waals surface area contributed by atoms with E-state index in [1.165, 1.54) is 4.88 Å². The highest BCUT2D eigenvalue weighted by atomic mass is 32.1. The van der Waals surface area contributed by atoms with Crippen molar-refractivity contribution in [2.75, 3.05) is 6.54 Å². The molecule has 1 aliphatic rings. The summed E-state index contributed by atoms with van der Waals surface area (Å²) in [6.45, 7) is 5.12. The maximum absolute atomic E-state index is 12.0. The molecule has 1 saturated heterocycles. The highest BCUT2D eigenvalue weighted by Gasteiger charge is 2.29. The predicted octanol–water partition coefficient (Wildman–Crippen LogP) is 1.79. The maximum atomic E-state index is 12.0. The van der Waals surface area contributed by atoms with E-state index in [4.69, 9.17) is 0 Å². The van der Waals surface area contributed by atoms with Gasteiger partial charge in [0.2, 0.25) is 5.91 Å². The molecule has 3 unspecified atom stereocenters. The van der Waals surface area contributed by atoms with Crippen LogP contribution < -0.4 is 10.6 Å². The smallest absolute Gasteiger partial charge is 0.224 e. The molecule has 0 spiro atoms. The van der Waals surface area contributed by atoms with E-state index in [0.717, 1.165) is 19.4 Å². The molecule has 1 fully saturated rings. The molecule has 94 valence electrons. The summed E-state index contributed by atoms with van der Waals surface area (Å²) in [5.41, 5.74) is 0. The minimum Gasteiger partial charge on any atom is -0.353 e. The van der Waals surface area contributed by atoms with Crippen molar-refractivity contribution in [2.24, 2.45) is 5.92 Å². The second kappa shape index (κ2) is 5.65. The van der Waals surface area contributed by atoms with E-state index in [9.17, 15) is 4.79 Å². The fraction of sp³-hybridized carbons (Fsp3) is 0.615. The molecule has 1 amide bonds. The largest absolute Gasteiger partial charge is 0.353 e. The molecule has 1 aromatic heterocycles. The third-order valence-electron chi connectivity index (χ3n) is 3.34. The van der Waals surface area contributed by atoms with Gasteiger partial charge in [0.1, 0.15) is 0 Å². The monoisotopic (exact) mass is 252 g/mol. The van der Waals surface area contributed by atoms with Crippen LogP contribution in [0, 0.1) is 5.92 Å². The summed E-state index contributed by atoms with van der Waals surface area (Å²) in [6.07, 6.45) is 1.89. The third-order valence-corrected chi connectivity index (χ3v) is 4.24. The average molecular weight is 252 g/mol. The first-order valence-electron chi connectivity index (χ1n) is 6.23. The van der Waals surface area contributed by atoms with Gasteiger partial charge in [-0.3, -0.25) is 4.79 Å². The standard InChI is InChI=1S/C13H20N2OS/c1-9(8-11-4-3-7-17-11)15-13(16)12-5-6-14-10(12)2/h3-4,7,9-10,12,14H,5-6,8H2,1-2H3,(H,15,16). The lowest BCUT2D eigenvalue weighted by molar-refractivity contribution is -0.125.